The Bertz CT molecular complexity index is 495. The van der Waals surface area contributed by atoms with Crippen LogP contribution in [0.15, 0.2) is 18.2 Å². The van der Waals surface area contributed by atoms with Gasteiger partial charge < -0.3 is 10.1 Å². The molecule has 1 aromatic rings. The van der Waals surface area contributed by atoms with E-state index in [4.69, 9.17) is 10.00 Å². The van der Waals surface area contributed by atoms with Gasteiger partial charge in [0.25, 0.3) is 5.69 Å². The van der Waals surface area contributed by atoms with Crippen LogP contribution in [-0.2, 0) is 4.74 Å². The van der Waals surface area contributed by atoms with E-state index >= 15 is 0 Å². The fourth-order valence-electron chi connectivity index (χ4n) is 1.67. The van der Waals surface area contributed by atoms with Gasteiger partial charge in [-0.05, 0) is 38.8 Å². The van der Waals surface area contributed by atoms with Crippen molar-refractivity contribution in [3.8, 4) is 6.07 Å². The highest BCUT2D eigenvalue weighted by molar-refractivity contribution is 5.58. The van der Waals surface area contributed by atoms with E-state index in [9.17, 15) is 10.1 Å². The van der Waals surface area contributed by atoms with Gasteiger partial charge in [-0.2, -0.15) is 5.26 Å². The molecule has 0 aliphatic heterocycles. The third-order valence-electron chi connectivity index (χ3n) is 2.67. The van der Waals surface area contributed by atoms with Crippen molar-refractivity contribution in [2.75, 3.05) is 18.5 Å². The van der Waals surface area contributed by atoms with Crippen molar-refractivity contribution < 1.29 is 9.66 Å². The van der Waals surface area contributed by atoms with Gasteiger partial charge in [0, 0.05) is 24.9 Å². The summed E-state index contributed by atoms with van der Waals surface area (Å²) in [6, 6.07) is 6.31. The molecule has 20 heavy (non-hydrogen) atoms. The third kappa shape index (κ3) is 5.24. The summed E-state index contributed by atoms with van der Waals surface area (Å²) in [4.78, 5) is 10.1. The standard InChI is InChI=1S/C14H19N3O3/c1-11(2)20-8-4-3-7-16-13-5-6-14(17(18)19)12(9-13)10-15/h5-6,9,11,16H,3-4,7-8H2,1-2H3. The number of hydrogen-bond donors (Lipinski definition) is 1. The predicted octanol–water partition coefficient (Wildman–Crippen LogP) is 3.08. The number of unbranched alkanes of at least 4 members (excludes halogenated alkanes) is 1. The van der Waals surface area contributed by atoms with Crippen LogP contribution in [0.2, 0.25) is 0 Å². The number of anilines is 1. The van der Waals surface area contributed by atoms with Crippen molar-refractivity contribution in [3.63, 3.8) is 0 Å². The molecular formula is C14H19N3O3. The zero-order valence-corrected chi connectivity index (χ0v) is 11.8. The quantitative estimate of drug-likeness (QED) is 0.448. The Morgan fingerprint density at radius 1 is 1.45 bits per heavy atom. The molecule has 0 aromatic heterocycles. The lowest BCUT2D eigenvalue weighted by atomic mass is 10.1. The number of benzene rings is 1. The second kappa shape index (κ2) is 8.12. The van der Waals surface area contributed by atoms with Gasteiger partial charge >= 0.3 is 0 Å². The molecule has 6 heteroatoms. The largest absolute Gasteiger partial charge is 0.385 e. The number of nitrogens with zero attached hydrogens (tertiary/aromatic N) is 2. The number of nitriles is 1. The topological polar surface area (TPSA) is 88.2 Å². The molecule has 1 aromatic carbocycles. The first-order valence-corrected chi connectivity index (χ1v) is 6.58. The zero-order chi connectivity index (χ0) is 15.0. The smallest absolute Gasteiger partial charge is 0.287 e. The van der Waals surface area contributed by atoms with Crippen molar-refractivity contribution in [2.24, 2.45) is 0 Å². The highest BCUT2D eigenvalue weighted by Crippen LogP contribution is 2.21. The van der Waals surface area contributed by atoms with Crippen LogP contribution in [-0.4, -0.2) is 24.2 Å². The van der Waals surface area contributed by atoms with Gasteiger partial charge in [0.2, 0.25) is 0 Å². The van der Waals surface area contributed by atoms with Crippen LogP contribution in [0.5, 0.6) is 0 Å². The van der Waals surface area contributed by atoms with E-state index in [1.54, 1.807) is 6.07 Å². The molecule has 0 aliphatic carbocycles. The van der Waals surface area contributed by atoms with Crippen LogP contribution in [0.25, 0.3) is 0 Å². The SMILES string of the molecule is CC(C)OCCCCNc1ccc([N+](=O)[O-])c(C#N)c1. The fraction of sp³-hybridized carbons (Fsp3) is 0.500. The molecule has 1 rings (SSSR count). The van der Waals surface area contributed by atoms with E-state index in [2.05, 4.69) is 5.32 Å². The molecule has 0 saturated heterocycles. The zero-order valence-electron chi connectivity index (χ0n) is 11.8. The molecule has 0 aliphatic rings. The molecule has 1 N–H and O–H groups in total. The van der Waals surface area contributed by atoms with Crippen molar-refractivity contribution in [3.05, 3.63) is 33.9 Å². The summed E-state index contributed by atoms with van der Waals surface area (Å²) in [5, 5.41) is 22.7. The Labute approximate surface area is 118 Å². The molecule has 0 atom stereocenters. The van der Waals surface area contributed by atoms with Gasteiger partial charge in [-0.1, -0.05) is 0 Å². The molecule has 0 saturated carbocycles. The lowest BCUT2D eigenvalue weighted by Gasteiger charge is -2.09. The summed E-state index contributed by atoms with van der Waals surface area (Å²) in [5.41, 5.74) is 0.628. The average molecular weight is 277 g/mol. The number of hydrogen-bond acceptors (Lipinski definition) is 5. The van der Waals surface area contributed by atoms with E-state index < -0.39 is 4.92 Å². The minimum Gasteiger partial charge on any atom is -0.385 e. The number of nitro benzene ring substituents is 1. The maximum Gasteiger partial charge on any atom is 0.287 e. The molecule has 0 spiro atoms. The summed E-state index contributed by atoms with van der Waals surface area (Å²) in [7, 11) is 0. The Morgan fingerprint density at radius 2 is 2.20 bits per heavy atom. The number of ether oxygens (including phenoxy) is 1. The van der Waals surface area contributed by atoms with Gasteiger partial charge in [-0.25, -0.2) is 0 Å². The molecule has 0 unspecified atom stereocenters. The molecule has 0 bridgehead atoms. The number of rotatable bonds is 8. The van der Waals surface area contributed by atoms with Crippen molar-refractivity contribution >= 4 is 11.4 Å². The summed E-state index contributed by atoms with van der Waals surface area (Å²) >= 11 is 0. The van der Waals surface area contributed by atoms with E-state index in [1.165, 1.54) is 12.1 Å². The van der Waals surface area contributed by atoms with Crippen LogP contribution in [0.3, 0.4) is 0 Å². The average Bonchev–Trinajstić information content (AvgIpc) is 2.41. The van der Waals surface area contributed by atoms with Gasteiger partial charge in [0.15, 0.2) is 0 Å². The number of nitrogens with one attached hydrogen (secondary N) is 1. The lowest BCUT2D eigenvalue weighted by Crippen LogP contribution is -2.07. The van der Waals surface area contributed by atoms with Crippen LogP contribution in [0.4, 0.5) is 11.4 Å². The fourth-order valence-corrected chi connectivity index (χ4v) is 1.67. The van der Waals surface area contributed by atoms with E-state index in [0.717, 1.165) is 31.7 Å². The van der Waals surface area contributed by atoms with Gasteiger partial charge in [0.1, 0.15) is 11.6 Å². The lowest BCUT2D eigenvalue weighted by molar-refractivity contribution is -0.385. The van der Waals surface area contributed by atoms with Crippen LogP contribution in [0.1, 0.15) is 32.3 Å². The maximum absolute atomic E-state index is 10.7. The first kappa shape index (κ1) is 15.9. The van der Waals surface area contributed by atoms with Gasteiger partial charge in [-0.3, -0.25) is 10.1 Å². The van der Waals surface area contributed by atoms with Crippen LogP contribution < -0.4 is 5.32 Å². The second-order valence-electron chi connectivity index (χ2n) is 4.65. The first-order valence-electron chi connectivity index (χ1n) is 6.58. The van der Waals surface area contributed by atoms with Crippen molar-refractivity contribution in [2.45, 2.75) is 32.8 Å². The summed E-state index contributed by atoms with van der Waals surface area (Å²) < 4.78 is 5.43. The monoisotopic (exact) mass is 277 g/mol. The summed E-state index contributed by atoms with van der Waals surface area (Å²) in [6.45, 7) is 5.46. The molecular weight excluding hydrogens is 258 g/mol. The van der Waals surface area contributed by atoms with Gasteiger partial charge in [0.05, 0.1) is 11.0 Å². The van der Waals surface area contributed by atoms with Crippen LogP contribution in [0, 0.1) is 21.4 Å². The number of nitro groups is 1. The minimum atomic E-state index is -0.550. The first-order chi connectivity index (χ1) is 9.54. The minimum absolute atomic E-state index is 0.0724. The Kier molecular flexibility index (Phi) is 6.47. The Morgan fingerprint density at radius 3 is 2.80 bits per heavy atom. The summed E-state index contributed by atoms with van der Waals surface area (Å²) in [6.07, 6.45) is 2.13. The normalized spacial score (nSPS) is 10.3. The molecule has 0 fully saturated rings. The Hall–Kier alpha value is -2.13. The van der Waals surface area contributed by atoms with E-state index in [-0.39, 0.29) is 17.4 Å². The van der Waals surface area contributed by atoms with Gasteiger partial charge in [-0.15, -0.1) is 0 Å². The molecule has 6 nitrogen and oxygen atoms in total. The van der Waals surface area contributed by atoms with E-state index in [0.29, 0.717) is 0 Å². The summed E-state index contributed by atoms with van der Waals surface area (Å²) in [5.74, 6) is 0. The molecule has 0 heterocycles. The molecule has 0 amide bonds. The highest BCUT2D eigenvalue weighted by Gasteiger charge is 2.13. The predicted molar refractivity (Wildman–Crippen MR) is 76.6 cm³/mol. The molecule has 0 radical (unpaired) electrons. The Balaban J connectivity index is 2.42. The highest BCUT2D eigenvalue weighted by atomic mass is 16.6. The molecule has 108 valence electrons. The third-order valence-corrected chi connectivity index (χ3v) is 2.67. The van der Waals surface area contributed by atoms with Crippen LogP contribution >= 0.6 is 0 Å². The van der Waals surface area contributed by atoms with Crippen molar-refractivity contribution in [1.29, 1.82) is 5.26 Å². The second-order valence-corrected chi connectivity index (χ2v) is 4.65. The van der Waals surface area contributed by atoms with Crippen molar-refractivity contribution in [1.82, 2.24) is 0 Å². The maximum atomic E-state index is 10.7. The van der Waals surface area contributed by atoms with E-state index in [1.807, 2.05) is 19.9 Å².